The molecule has 2 aliphatic rings. The highest BCUT2D eigenvalue weighted by atomic mass is 32.1. The van der Waals surface area contributed by atoms with Gasteiger partial charge in [0.25, 0.3) is 11.8 Å². The topological polar surface area (TPSA) is 37.4 Å². The van der Waals surface area contributed by atoms with Crippen molar-refractivity contribution in [2.75, 3.05) is 4.90 Å². The first-order valence-electron chi connectivity index (χ1n) is 17.8. The largest absolute Gasteiger partial charge is 0.416 e. The molecular formula is C39H46F3NO2S3Si. The lowest BCUT2D eigenvalue weighted by molar-refractivity contribution is -0.137. The highest BCUT2D eigenvalue weighted by Crippen LogP contribution is 2.50. The number of rotatable bonds is 14. The first kappa shape index (κ1) is 36.3. The number of unbranched alkanes of at least 4 members (excludes halogenated alkanes) is 2. The van der Waals surface area contributed by atoms with Crippen molar-refractivity contribution in [1.82, 2.24) is 0 Å². The van der Waals surface area contributed by atoms with Crippen molar-refractivity contribution < 1.29 is 22.8 Å². The molecule has 49 heavy (non-hydrogen) atoms. The fourth-order valence-electron chi connectivity index (χ4n) is 8.14. The lowest BCUT2D eigenvalue weighted by Gasteiger charge is -2.35. The summed E-state index contributed by atoms with van der Waals surface area (Å²) in [5, 5.41) is 3.15. The molecule has 4 aromatic rings. The van der Waals surface area contributed by atoms with Gasteiger partial charge in [-0.05, 0) is 84.5 Å². The predicted octanol–water partition coefficient (Wildman–Crippen LogP) is 12.0. The number of nitrogens with zero attached hydrogens (tertiary/aromatic N) is 1. The summed E-state index contributed by atoms with van der Waals surface area (Å²) in [7, 11) is -2.20. The molecular weight excluding hydrogens is 696 g/mol. The van der Waals surface area contributed by atoms with Crippen molar-refractivity contribution in [2.24, 2.45) is 11.8 Å². The van der Waals surface area contributed by atoms with Gasteiger partial charge in [0.15, 0.2) is 0 Å². The van der Waals surface area contributed by atoms with Crippen molar-refractivity contribution in [3.8, 4) is 19.5 Å². The Morgan fingerprint density at radius 3 is 1.84 bits per heavy atom. The number of imide groups is 1. The molecule has 0 fully saturated rings. The summed E-state index contributed by atoms with van der Waals surface area (Å²) >= 11 is 5.17. The molecule has 10 heteroatoms. The molecule has 0 spiro atoms. The molecule has 3 nitrogen and oxygen atoms in total. The van der Waals surface area contributed by atoms with Crippen LogP contribution < -0.4 is 15.3 Å². The number of anilines is 1. The van der Waals surface area contributed by atoms with E-state index in [0.717, 1.165) is 31.7 Å². The summed E-state index contributed by atoms with van der Waals surface area (Å²) in [6.07, 6.45) is 5.28. The Balaban J connectivity index is 1.46. The van der Waals surface area contributed by atoms with Gasteiger partial charge >= 0.3 is 6.18 Å². The summed E-state index contributed by atoms with van der Waals surface area (Å²) in [6.45, 7) is 13.4. The van der Waals surface area contributed by atoms with Crippen LogP contribution in [0, 0.1) is 25.7 Å². The molecule has 2 unspecified atom stereocenters. The van der Waals surface area contributed by atoms with Crippen LogP contribution in [0.5, 0.6) is 0 Å². The maximum Gasteiger partial charge on any atom is 0.416 e. The second kappa shape index (κ2) is 14.2. The number of fused-ring (bicyclic) bond motifs is 4. The fraction of sp³-hybridized carbons (Fsp3) is 0.487. The third kappa shape index (κ3) is 6.44. The fourth-order valence-corrected chi connectivity index (χ4v) is 19.7. The Bertz CT molecular complexity index is 1830. The van der Waals surface area contributed by atoms with E-state index in [-0.39, 0.29) is 5.69 Å². The van der Waals surface area contributed by atoms with Gasteiger partial charge in [-0.25, -0.2) is 4.90 Å². The van der Waals surface area contributed by atoms with Crippen LogP contribution in [0.4, 0.5) is 18.9 Å². The number of hydrogen-bond acceptors (Lipinski definition) is 5. The normalized spacial score (nSPS) is 18.3. The summed E-state index contributed by atoms with van der Waals surface area (Å²) in [6, 6.07) is 11.7. The second-order valence-electron chi connectivity index (χ2n) is 14.0. The van der Waals surface area contributed by atoms with Crippen molar-refractivity contribution in [3.05, 3.63) is 62.8 Å². The predicted molar refractivity (Wildman–Crippen MR) is 204 cm³/mol. The zero-order chi connectivity index (χ0) is 35.2. The molecule has 0 bridgehead atoms. The van der Waals surface area contributed by atoms with Gasteiger partial charge in [0, 0.05) is 24.4 Å². The van der Waals surface area contributed by atoms with Crippen molar-refractivity contribution in [1.29, 1.82) is 0 Å². The van der Waals surface area contributed by atoms with Crippen LogP contribution in [0.15, 0.2) is 36.4 Å². The average molecular weight is 742 g/mol. The zero-order valence-corrected chi connectivity index (χ0v) is 32.8. The van der Waals surface area contributed by atoms with Gasteiger partial charge in [0.1, 0.15) is 8.07 Å². The smallest absolute Gasteiger partial charge is 0.268 e. The van der Waals surface area contributed by atoms with Crippen LogP contribution in [0.25, 0.3) is 19.5 Å². The minimum Gasteiger partial charge on any atom is -0.268 e. The SMILES string of the molecule is CCCCC(CC)C[Si]1(CC(CC)CCCC)c2cc(C)sc2-c2sc(-c3sc(C)c4c3C(=O)N(c3ccc(C(F)(F)F)cc3)C4=O)cc21. The van der Waals surface area contributed by atoms with E-state index in [2.05, 4.69) is 46.8 Å². The van der Waals surface area contributed by atoms with E-state index in [1.807, 2.05) is 18.3 Å². The molecule has 0 aliphatic carbocycles. The van der Waals surface area contributed by atoms with E-state index < -0.39 is 31.6 Å². The van der Waals surface area contributed by atoms with Gasteiger partial charge in [0.2, 0.25) is 0 Å². The van der Waals surface area contributed by atoms with Crippen molar-refractivity contribution in [3.63, 3.8) is 0 Å². The molecule has 0 saturated carbocycles. The third-order valence-electron chi connectivity index (χ3n) is 10.8. The van der Waals surface area contributed by atoms with E-state index in [0.29, 0.717) is 23.0 Å². The number of benzene rings is 1. The Labute approximate surface area is 301 Å². The molecule has 262 valence electrons. The lowest BCUT2D eigenvalue weighted by Crippen LogP contribution is -2.56. The van der Waals surface area contributed by atoms with E-state index in [4.69, 9.17) is 0 Å². The molecule has 6 rings (SSSR count). The number of thiophene rings is 3. The zero-order valence-electron chi connectivity index (χ0n) is 29.3. The maximum absolute atomic E-state index is 14.1. The summed E-state index contributed by atoms with van der Waals surface area (Å²) in [5.74, 6) is 0.414. The van der Waals surface area contributed by atoms with Crippen LogP contribution >= 0.6 is 34.0 Å². The monoisotopic (exact) mass is 741 g/mol. The minimum absolute atomic E-state index is 0.156. The number of alkyl halides is 3. The molecule has 2 aliphatic heterocycles. The quantitative estimate of drug-likeness (QED) is 0.0953. The number of hydrogen-bond donors (Lipinski definition) is 0. The van der Waals surface area contributed by atoms with Crippen LogP contribution in [0.1, 0.15) is 115 Å². The first-order chi connectivity index (χ1) is 23.4. The second-order valence-corrected chi connectivity index (χ2v) is 21.6. The van der Waals surface area contributed by atoms with Gasteiger partial charge in [0.05, 0.1) is 27.3 Å². The van der Waals surface area contributed by atoms with Gasteiger partial charge in [-0.3, -0.25) is 9.59 Å². The summed E-state index contributed by atoms with van der Waals surface area (Å²) < 4.78 is 39.8. The number of aryl methyl sites for hydroxylation is 2. The van der Waals surface area contributed by atoms with Gasteiger partial charge in [-0.1, -0.05) is 79.1 Å². The van der Waals surface area contributed by atoms with E-state index in [1.165, 1.54) is 107 Å². The number of amides is 2. The number of carbonyl (C=O) groups excluding carboxylic acids is 2. The summed E-state index contributed by atoms with van der Waals surface area (Å²) in [4.78, 5) is 35.6. The summed E-state index contributed by atoms with van der Waals surface area (Å²) in [5.41, 5.74) is 0.117. The molecule has 2 amide bonds. The Morgan fingerprint density at radius 2 is 1.29 bits per heavy atom. The maximum atomic E-state index is 14.1. The standard InChI is InChI=1S/C39H46F3NO2S3Si/c1-7-11-13-25(9-3)21-49(22-26(10-4)14-12-8-2)30-19-23(5)46-35(30)36-31(49)20-29(48-36)34-33-32(24(6)47-34)37(44)43(38(33)45)28-17-15-27(16-18-28)39(40,41)42/h15-20,25-26H,7-14,21-22H2,1-6H3. The molecule has 3 aromatic heterocycles. The molecule has 1 aromatic carbocycles. The number of halogens is 3. The molecule has 0 saturated heterocycles. The van der Waals surface area contributed by atoms with Crippen LogP contribution in [0.2, 0.25) is 12.1 Å². The van der Waals surface area contributed by atoms with Crippen molar-refractivity contribution in [2.45, 2.75) is 111 Å². The van der Waals surface area contributed by atoms with Gasteiger partial charge in [-0.15, -0.1) is 34.0 Å². The van der Waals surface area contributed by atoms with Crippen LogP contribution in [-0.2, 0) is 6.18 Å². The highest BCUT2D eigenvalue weighted by Gasteiger charge is 2.50. The Morgan fingerprint density at radius 1 is 0.735 bits per heavy atom. The van der Waals surface area contributed by atoms with E-state index in [1.54, 1.807) is 16.5 Å². The highest BCUT2D eigenvalue weighted by molar-refractivity contribution is 7.32. The third-order valence-corrected chi connectivity index (χ3v) is 20.2. The van der Waals surface area contributed by atoms with Crippen molar-refractivity contribution >= 4 is 70.0 Å². The van der Waals surface area contributed by atoms with Crippen LogP contribution in [-0.4, -0.2) is 19.9 Å². The minimum atomic E-state index is -4.50. The molecule has 5 heterocycles. The van der Waals surface area contributed by atoms with Crippen LogP contribution in [0.3, 0.4) is 0 Å². The van der Waals surface area contributed by atoms with E-state index in [9.17, 15) is 22.8 Å². The van der Waals surface area contributed by atoms with Gasteiger partial charge in [-0.2, -0.15) is 13.2 Å². The Kier molecular flexibility index (Phi) is 10.5. The molecule has 0 N–H and O–H groups in total. The Hall–Kier alpha value is -2.53. The van der Waals surface area contributed by atoms with Gasteiger partial charge < -0.3 is 0 Å². The first-order valence-corrected chi connectivity index (χ1v) is 22.7. The number of carbonyl (C=O) groups is 2. The van der Waals surface area contributed by atoms with E-state index >= 15 is 0 Å². The average Bonchev–Trinajstić information content (AvgIpc) is 3.86. The molecule has 2 atom stereocenters. The lowest BCUT2D eigenvalue weighted by atomic mass is 10.0. The molecule has 0 radical (unpaired) electrons.